The molecule has 0 aliphatic carbocycles. The lowest BCUT2D eigenvalue weighted by atomic mass is 10.2. The molecule has 4 heteroatoms. The average molecular weight is 221 g/mol. The zero-order chi connectivity index (χ0) is 12.1. The maximum absolute atomic E-state index is 11.4. The molecule has 0 saturated heterocycles. The van der Waals surface area contributed by atoms with Crippen molar-refractivity contribution in [2.75, 3.05) is 11.4 Å². The molecule has 4 nitrogen and oxygen atoms in total. The predicted molar refractivity (Wildman–Crippen MR) is 61.5 cm³/mol. The van der Waals surface area contributed by atoms with Gasteiger partial charge < -0.3 is 10.0 Å². The normalized spacial score (nSPS) is 9.88. The van der Waals surface area contributed by atoms with E-state index in [0.717, 1.165) is 11.3 Å². The zero-order valence-corrected chi connectivity index (χ0v) is 9.43. The van der Waals surface area contributed by atoms with Gasteiger partial charge in [-0.15, -0.1) is 0 Å². The van der Waals surface area contributed by atoms with Gasteiger partial charge in [0.1, 0.15) is 0 Å². The van der Waals surface area contributed by atoms with Gasteiger partial charge in [0.25, 0.3) is 0 Å². The van der Waals surface area contributed by atoms with E-state index in [1.165, 1.54) is 11.8 Å². The quantitative estimate of drug-likeness (QED) is 0.843. The third-order valence-electron chi connectivity index (χ3n) is 2.24. The van der Waals surface area contributed by atoms with Crippen LogP contribution in [0.4, 0.5) is 5.69 Å². The van der Waals surface area contributed by atoms with E-state index >= 15 is 0 Å². The molecule has 0 atom stereocenters. The first-order valence-corrected chi connectivity index (χ1v) is 5.07. The second-order valence-corrected chi connectivity index (χ2v) is 3.65. The topological polar surface area (TPSA) is 57.6 Å². The molecule has 1 rings (SSSR count). The van der Waals surface area contributed by atoms with Crippen LogP contribution in [0.25, 0.3) is 0 Å². The number of rotatable bonds is 4. The van der Waals surface area contributed by atoms with Gasteiger partial charge in [-0.25, -0.2) is 0 Å². The molecule has 0 aromatic heterocycles. The van der Waals surface area contributed by atoms with Crippen LogP contribution in [0.2, 0.25) is 0 Å². The van der Waals surface area contributed by atoms with E-state index in [1.807, 2.05) is 25.1 Å². The van der Waals surface area contributed by atoms with E-state index in [2.05, 4.69) is 0 Å². The van der Waals surface area contributed by atoms with Crippen molar-refractivity contribution in [2.24, 2.45) is 0 Å². The molecule has 1 aromatic carbocycles. The highest BCUT2D eigenvalue weighted by atomic mass is 16.4. The molecule has 86 valence electrons. The lowest BCUT2D eigenvalue weighted by Gasteiger charge is -2.20. The van der Waals surface area contributed by atoms with Gasteiger partial charge in [-0.3, -0.25) is 9.59 Å². The van der Waals surface area contributed by atoms with Crippen LogP contribution in [0.3, 0.4) is 0 Å². The summed E-state index contributed by atoms with van der Waals surface area (Å²) in [6, 6.07) is 7.44. The number of nitrogens with zero attached hydrogens (tertiary/aromatic N) is 1. The molecular formula is C12H15NO3. The van der Waals surface area contributed by atoms with E-state index < -0.39 is 5.97 Å². The average Bonchev–Trinajstić information content (AvgIpc) is 2.17. The van der Waals surface area contributed by atoms with E-state index in [4.69, 9.17) is 5.11 Å². The van der Waals surface area contributed by atoms with Crippen LogP contribution in [0.15, 0.2) is 24.3 Å². The van der Waals surface area contributed by atoms with Gasteiger partial charge in [-0.2, -0.15) is 0 Å². The first-order chi connectivity index (χ1) is 7.50. The van der Waals surface area contributed by atoms with Crippen molar-refractivity contribution in [2.45, 2.75) is 20.3 Å². The van der Waals surface area contributed by atoms with Crippen LogP contribution >= 0.6 is 0 Å². The summed E-state index contributed by atoms with van der Waals surface area (Å²) in [5.41, 5.74) is 1.79. The molecule has 0 bridgehead atoms. The van der Waals surface area contributed by atoms with Crippen molar-refractivity contribution in [1.29, 1.82) is 0 Å². The van der Waals surface area contributed by atoms with Gasteiger partial charge in [-0.05, 0) is 24.6 Å². The fraction of sp³-hybridized carbons (Fsp3) is 0.333. The number of carbonyl (C=O) groups excluding carboxylic acids is 1. The number of aryl methyl sites for hydroxylation is 1. The number of carboxylic acid groups (broad SMARTS) is 1. The van der Waals surface area contributed by atoms with Crippen LogP contribution < -0.4 is 4.90 Å². The Bertz CT molecular complexity index is 401. The van der Waals surface area contributed by atoms with Crippen molar-refractivity contribution in [3.05, 3.63) is 29.8 Å². The molecule has 16 heavy (non-hydrogen) atoms. The molecule has 0 aliphatic heterocycles. The Labute approximate surface area is 94.5 Å². The minimum atomic E-state index is -0.904. The van der Waals surface area contributed by atoms with Crippen LogP contribution in [0.1, 0.15) is 18.9 Å². The number of anilines is 1. The number of amides is 1. The number of carbonyl (C=O) groups is 2. The minimum Gasteiger partial charge on any atom is -0.481 e. The highest BCUT2D eigenvalue weighted by Crippen LogP contribution is 2.16. The van der Waals surface area contributed by atoms with Gasteiger partial charge in [0, 0.05) is 19.2 Å². The molecular weight excluding hydrogens is 206 g/mol. The third-order valence-corrected chi connectivity index (χ3v) is 2.24. The molecule has 0 unspecified atom stereocenters. The van der Waals surface area contributed by atoms with E-state index in [0.29, 0.717) is 0 Å². The van der Waals surface area contributed by atoms with Crippen molar-refractivity contribution in [3.63, 3.8) is 0 Å². The Balaban J connectivity index is 2.85. The Morgan fingerprint density at radius 3 is 2.56 bits per heavy atom. The largest absolute Gasteiger partial charge is 0.481 e. The first-order valence-electron chi connectivity index (χ1n) is 5.07. The summed E-state index contributed by atoms with van der Waals surface area (Å²) < 4.78 is 0. The Morgan fingerprint density at radius 1 is 1.38 bits per heavy atom. The van der Waals surface area contributed by atoms with Gasteiger partial charge >= 0.3 is 5.97 Å². The Morgan fingerprint density at radius 2 is 2.06 bits per heavy atom. The standard InChI is InChI=1S/C12H15NO3/c1-9-4-3-5-11(8-9)13(10(2)14)7-6-12(15)16/h3-5,8H,6-7H2,1-2H3,(H,15,16). The van der Waals surface area contributed by atoms with Gasteiger partial charge in [0.15, 0.2) is 0 Å². The van der Waals surface area contributed by atoms with Gasteiger partial charge in [-0.1, -0.05) is 12.1 Å². The fourth-order valence-corrected chi connectivity index (χ4v) is 1.47. The molecule has 1 N–H and O–H groups in total. The van der Waals surface area contributed by atoms with Gasteiger partial charge in [0.05, 0.1) is 6.42 Å². The summed E-state index contributed by atoms with van der Waals surface area (Å²) in [6.45, 7) is 3.57. The summed E-state index contributed by atoms with van der Waals surface area (Å²) in [4.78, 5) is 23.4. The molecule has 0 heterocycles. The van der Waals surface area contributed by atoms with Gasteiger partial charge in [0.2, 0.25) is 5.91 Å². The summed E-state index contributed by atoms with van der Waals surface area (Å²) in [6.07, 6.45) is -0.0481. The van der Waals surface area contributed by atoms with Crippen molar-refractivity contribution in [3.8, 4) is 0 Å². The summed E-state index contributed by atoms with van der Waals surface area (Å²) in [5.74, 6) is -1.05. The SMILES string of the molecule is CC(=O)N(CCC(=O)O)c1cccc(C)c1. The second-order valence-electron chi connectivity index (χ2n) is 3.65. The number of hydrogen-bond acceptors (Lipinski definition) is 2. The Kier molecular flexibility index (Phi) is 4.05. The smallest absolute Gasteiger partial charge is 0.305 e. The van der Waals surface area contributed by atoms with Crippen molar-refractivity contribution < 1.29 is 14.7 Å². The number of hydrogen-bond donors (Lipinski definition) is 1. The second kappa shape index (κ2) is 5.30. The summed E-state index contributed by atoms with van der Waals surface area (Å²) >= 11 is 0. The highest BCUT2D eigenvalue weighted by Gasteiger charge is 2.12. The summed E-state index contributed by atoms with van der Waals surface area (Å²) in [5, 5.41) is 8.61. The molecule has 0 saturated carbocycles. The van der Waals surface area contributed by atoms with Crippen LogP contribution in [-0.4, -0.2) is 23.5 Å². The number of benzene rings is 1. The molecule has 0 fully saturated rings. The molecule has 0 radical (unpaired) electrons. The maximum Gasteiger partial charge on any atom is 0.305 e. The molecule has 0 spiro atoms. The molecule has 1 aromatic rings. The monoisotopic (exact) mass is 221 g/mol. The Hall–Kier alpha value is -1.84. The highest BCUT2D eigenvalue weighted by molar-refractivity contribution is 5.92. The molecule has 0 aliphatic rings. The van der Waals surface area contributed by atoms with Crippen molar-refractivity contribution in [1.82, 2.24) is 0 Å². The lowest BCUT2D eigenvalue weighted by Crippen LogP contribution is -2.30. The first kappa shape index (κ1) is 12.2. The summed E-state index contributed by atoms with van der Waals surface area (Å²) in [7, 11) is 0. The van der Waals surface area contributed by atoms with E-state index in [-0.39, 0.29) is 18.9 Å². The van der Waals surface area contributed by atoms with Crippen LogP contribution in [0, 0.1) is 6.92 Å². The third kappa shape index (κ3) is 3.38. The zero-order valence-electron chi connectivity index (χ0n) is 9.43. The lowest BCUT2D eigenvalue weighted by molar-refractivity contribution is -0.136. The predicted octanol–water partition coefficient (Wildman–Crippen LogP) is 1.82. The van der Waals surface area contributed by atoms with Crippen molar-refractivity contribution >= 4 is 17.6 Å². The van der Waals surface area contributed by atoms with E-state index in [1.54, 1.807) is 6.07 Å². The molecule has 1 amide bonds. The van der Waals surface area contributed by atoms with E-state index in [9.17, 15) is 9.59 Å². The minimum absolute atomic E-state index is 0.0481. The van der Waals surface area contributed by atoms with Crippen LogP contribution in [0.5, 0.6) is 0 Å². The van der Waals surface area contributed by atoms with Crippen LogP contribution in [-0.2, 0) is 9.59 Å². The number of aliphatic carboxylic acids is 1. The fourth-order valence-electron chi connectivity index (χ4n) is 1.47. The number of carboxylic acids is 1. The maximum atomic E-state index is 11.4.